The molecule has 1 aliphatic rings. The van der Waals surface area contributed by atoms with Gasteiger partial charge in [0, 0.05) is 45.2 Å². The average molecular weight is 830 g/mol. The predicted molar refractivity (Wildman–Crippen MR) is 229 cm³/mol. The number of aryl methyl sites for hydroxylation is 4. The second-order valence-corrected chi connectivity index (χ2v) is 16.5. The molecule has 1 amide bonds. The molecule has 0 spiro atoms. The summed E-state index contributed by atoms with van der Waals surface area (Å²) in [7, 11) is 0. The van der Waals surface area contributed by atoms with E-state index in [0.29, 0.717) is 34.1 Å². The number of amides is 1. The van der Waals surface area contributed by atoms with E-state index in [1.165, 1.54) is 22.2 Å². The summed E-state index contributed by atoms with van der Waals surface area (Å²) >= 11 is 8.23. The number of benzene rings is 3. The van der Waals surface area contributed by atoms with Crippen molar-refractivity contribution < 1.29 is 19.4 Å². The first-order valence-electron chi connectivity index (χ1n) is 19.6. The molecule has 8 rings (SSSR count). The number of fused-ring (bicyclic) bond motifs is 4. The van der Waals surface area contributed by atoms with Gasteiger partial charge in [-0.25, -0.2) is 4.79 Å². The number of hydrogen-bond acceptors (Lipinski definition) is 9. The molecule has 0 fully saturated rings. The van der Waals surface area contributed by atoms with Gasteiger partial charge >= 0.3 is 5.97 Å². The van der Waals surface area contributed by atoms with Crippen LogP contribution in [0.25, 0.3) is 27.0 Å². The van der Waals surface area contributed by atoms with E-state index < -0.39 is 12.0 Å². The standard InChI is InChI=1S/C44H44ClN9O4S/c1-25-9-11-30(12-10-25)41-40-26(2)27(3)59-43(40)54-28(4)49-51-42(54)38(48-41)21-39(55)47-22-31-24-53(52-50-31)17-7-5-6-8-18-58-32-15-13-29(14-16-32)33-19-34-35(44(56)57)23-46-37(34)20-36(33)45/h9-16,19-20,23-24,38,46H,5-8,17-18,21-22H2,1-4H3,(H,47,55)(H,56,57)/t38-/m0/s1. The van der Waals surface area contributed by atoms with Crippen LogP contribution in [-0.2, 0) is 17.9 Å². The summed E-state index contributed by atoms with van der Waals surface area (Å²) in [5.41, 5.74) is 8.47. The van der Waals surface area contributed by atoms with Gasteiger partial charge in [-0.05, 0) is 82.3 Å². The maximum atomic E-state index is 13.5. The molecule has 1 aliphatic heterocycles. The van der Waals surface area contributed by atoms with Crippen LogP contribution in [0.15, 0.2) is 78.0 Å². The molecule has 59 heavy (non-hydrogen) atoms. The first kappa shape index (κ1) is 39.7. The quantitative estimate of drug-likeness (QED) is 0.0863. The van der Waals surface area contributed by atoms with Gasteiger partial charge in [0.2, 0.25) is 5.91 Å². The van der Waals surface area contributed by atoms with Gasteiger partial charge in [0.15, 0.2) is 5.82 Å². The largest absolute Gasteiger partial charge is 0.494 e. The van der Waals surface area contributed by atoms with Crippen molar-refractivity contribution in [3.63, 3.8) is 0 Å². The summed E-state index contributed by atoms with van der Waals surface area (Å²) in [6.45, 7) is 9.83. The fraction of sp³-hybridized carbons (Fsp3) is 0.295. The number of rotatable bonds is 15. The Balaban J connectivity index is 0.797. The lowest BCUT2D eigenvalue weighted by Gasteiger charge is -2.13. The third-order valence-corrected chi connectivity index (χ3v) is 12.2. The highest BCUT2D eigenvalue weighted by Crippen LogP contribution is 2.40. The zero-order chi connectivity index (χ0) is 41.2. The number of hydrogen-bond donors (Lipinski definition) is 3. The summed E-state index contributed by atoms with van der Waals surface area (Å²) in [6.07, 6.45) is 7.33. The summed E-state index contributed by atoms with van der Waals surface area (Å²) in [5, 5.41) is 32.2. The number of carboxylic acids is 1. The topological polar surface area (TPSA) is 165 Å². The Morgan fingerprint density at radius 3 is 2.49 bits per heavy atom. The lowest BCUT2D eigenvalue weighted by atomic mass is 9.99. The van der Waals surface area contributed by atoms with Crippen LogP contribution in [0.5, 0.6) is 5.75 Å². The van der Waals surface area contributed by atoms with Crippen LogP contribution < -0.4 is 10.1 Å². The number of halogens is 1. The monoisotopic (exact) mass is 829 g/mol. The number of H-pyrrole nitrogens is 1. The Morgan fingerprint density at radius 2 is 1.71 bits per heavy atom. The first-order valence-corrected chi connectivity index (χ1v) is 20.8. The minimum Gasteiger partial charge on any atom is -0.494 e. The van der Waals surface area contributed by atoms with Crippen LogP contribution >= 0.6 is 22.9 Å². The normalized spacial score (nSPS) is 13.5. The van der Waals surface area contributed by atoms with Gasteiger partial charge in [-0.3, -0.25) is 19.0 Å². The fourth-order valence-electron chi connectivity index (χ4n) is 7.39. The van der Waals surface area contributed by atoms with Crippen molar-refractivity contribution in [3.05, 3.63) is 128 Å². The second kappa shape index (κ2) is 17.0. The van der Waals surface area contributed by atoms with E-state index in [1.54, 1.807) is 23.5 Å². The first-order chi connectivity index (χ1) is 28.5. The Hall–Kier alpha value is -6.12. The highest BCUT2D eigenvalue weighted by Gasteiger charge is 2.32. The number of aromatic amines is 1. The predicted octanol–water partition coefficient (Wildman–Crippen LogP) is 8.89. The van der Waals surface area contributed by atoms with Gasteiger partial charge in [0.05, 0.1) is 42.1 Å². The van der Waals surface area contributed by atoms with Crippen LogP contribution in [0.4, 0.5) is 0 Å². The number of carboxylic acid groups (broad SMARTS) is 1. The van der Waals surface area contributed by atoms with E-state index in [4.69, 9.17) is 21.3 Å². The maximum Gasteiger partial charge on any atom is 0.337 e. The number of aromatic nitrogens is 7. The lowest BCUT2D eigenvalue weighted by molar-refractivity contribution is -0.121. The van der Waals surface area contributed by atoms with Crippen molar-refractivity contribution >= 4 is 51.4 Å². The van der Waals surface area contributed by atoms with Crippen LogP contribution in [0.2, 0.25) is 5.02 Å². The zero-order valence-electron chi connectivity index (χ0n) is 33.3. The molecule has 7 aromatic rings. The molecule has 0 unspecified atom stereocenters. The van der Waals surface area contributed by atoms with E-state index in [2.05, 4.69) is 80.4 Å². The molecule has 13 nitrogen and oxygen atoms in total. The van der Waals surface area contributed by atoms with Crippen molar-refractivity contribution in [3.8, 4) is 21.9 Å². The third-order valence-electron chi connectivity index (χ3n) is 10.7. The molecule has 5 heterocycles. The van der Waals surface area contributed by atoms with Crippen molar-refractivity contribution in [2.45, 2.75) is 78.9 Å². The number of aliphatic imine (C=N–C) groups is 1. The SMILES string of the molecule is Cc1ccc(C2=N[C@@H](CC(=O)NCc3cn(CCCCCCOc4ccc(-c5cc6c(C(=O)O)c[nH]c6cc5Cl)cc4)nn3)c3nnc(C)n3-c3sc(C)c(C)c32)cc1. The Labute approximate surface area is 350 Å². The number of unbranched alkanes of at least 4 members (excludes halogenated alkanes) is 3. The highest BCUT2D eigenvalue weighted by molar-refractivity contribution is 7.15. The van der Waals surface area contributed by atoms with E-state index in [-0.39, 0.29) is 24.4 Å². The Kier molecular flexibility index (Phi) is 11.4. The molecule has 0 bridgehead atoms. The van der Waals surface area contributed by atoms with Gasteiger partial charge in [0.25, 0.3) is 0 Å². The molecule has 0 saturated heterocycles. The molecule has 3 aromatic carbocycles. The number of thiophene rings is 1. The van der Waals surface area contributed by atoms with Crippen molar-refractivity contribution in [2.24, 2.45) is 4.99 Å². The molecule has 1 atom stereocenters. The minimum absolute atomic E-state index is 0.112. The number of carbonyl (C=O) groups excluding carboxylic acids is 1. The second-order valence-electron chi connectivity index (χ2n) is 14.9. The molecular formula is C44H44ClN9O4S. The Morgan fingerprint density at radius 1 is 0.949 bits per heavy atom. The van der Waals surface area contributed by atoms with E-state index >= 15 is 0 Å². The average Bonchev–Trinajstić information content (AvgIpc) is 4.00. The third kappa shape index (κ3) is 8.41. The highest BCUT2D eigenvalue weighted by atomic mass is 35.5. The van der Waals surface area contributed by atoms with Crippen LogP contribution in [0, 0.1) is 27.7 Å². The number of aromatic carboxylic acids is 1. The zero-order valence-corrected chi connectivity index (χ0v) is 34.8. The summed E-state index contributed by atoms with van der Waals surface area (Å²) in [5.74, 6) is 1.03. The smallest absolute Gasteiger partial charge is 0.337 e. The lowest BCUT2D eigenvalue weighted by Crippen LogP contribution is -2.25. The maximum absolute atomic E-state index is 13.5. The van der Waals surface area contributed by atoms with Gasteiger partial charge in [-0.15, -0.1) is 26.6 Å². The molecule has 0 saturated carbocycles. The summed E-state index contributed by atoms with van der Waals surface area (Å²) < 4.78 is 9.86. The molecule has 4 aromatic heterocycles. The van der Waals surface area contributed by atoms with Crippen LogP contribution in [0.3, 0.4) is 0 Å². The molecule has 15 heteroatoms. The van der Waals surface area contributed by atoms with Gasteiger partial charge < -0.3 is 20.1 Å². The molecule has 302 valence electrons. The van der Waals surface area contributed by atoms with Gasteiger partial charge in [-0.2, -0.15) is 0 Å². The molecule has 0 radical (unpaired) electrons. The number of ether oxygens (including phenoxy) is 1. The van der Waals surface area contributed by atoms with E-state index in [9.17, 15) is 14.7 Å². The van der Waals surface area contributed by atoms with Gasteiger partial charge in [-0.1, -0.05) is 65.2 Å². The van der Waals surface area contributed by atoms with E-state index in [0.717, 1.165) is 76.8 Å². The van der Waals surface area contributed by atoms with Crippen LogP contribution in [0.1, 0.15) is 93.0 Å². The minimum atomic E-state index is -0.990. The molecule has 3 N–H and O–H groups in total. The molecular weight excluding hydrogens is 786 g/mol. The van der Waals surface area contributed by atoms with E-state index in [1.807, 2.05) is 42.1 Å². The fourth-order valence-corrected chi connectivity index (χ4v) is 8.88. The molecule has 0 aliphatic carbocycles. The van der Waals surface area contributed by atoms with Crippen molar-refractivity contribution in [1.82, 2.24) is 40.1 Å². The Bertz CT molecular complexity index is 2690. The number of nitrogens with zero attached hydrogens (tertiary/aromatic N) is 7. The summed E-state index contributed by atoms with van der Waals surface area (Å²) in [6, 6.07) is 19.0. The van der Waals surface area contributed by atoms with Crippen LogP contribution in [-0.4, -0.2) is 64.0 Å². The summed E-state index contributed by atoms with van der Waals surface area (Å²) in [4.78, 5) is 34.5. The van der Waals surface area contributed by atoms with Crippen molar-refractivity contribution in [1.29, 1.82) is 0 Å². The number of carbonyl (C=O) groups is 2. The number of nitrogens with one attached hydrogen (secondary N) is 2. The van der Waals surface area contributed by atoms with Crippen molar-refractivity contribution in [2.75, 3.05) is 6.61 Å². The van der Waals surface area contributed by atoms with Gasteiger partial charge in [0.1, 0.15) is 28.3 Å².